The van der Waals surface area contributed by atoms with Crippen LogP contribution in [0.2, 0.25) is 0 Å². The number of sulfonamides is 1. The van der Waals surface area contributed by atoms with Crippen molar-refractivity contribution in [3.05, 3.63) is 39.9 Å². The number of nitro groups is 1. The summed E-state index contributed by atoms with van der Waals surface area (Å²) in [5.74, 6) is -1.02. The van der Waals surface area contributed by atoms with E-state index in [9.17, 15) is 23.3 Å². The van der Waals surface area contributed by atoms with Crippen molar-refractivity contribution in [3.63, 3.8) is 0 Å². The van der Waals surface area contributed by atoms with Crippen molar-refractivity contribution in [3.8, 4) is 0 Å². The minimum Gasteiger partial charge on any atom is -0.468 e. The molecule has 20 heavy (non-hydrogen) atoms. The highest BCUT2D eigenvalue weighted by atomic mass is 32.2. The number of non-ortho nitro benzene ring substituents is 1. The zero-order chi connectivity index (χ0) is 15.3. The van der Waals surface area contributed by atoms with Gasteiger partial charge in [-0.2, -0.15) is 4.31 Å². The average Bonchev–Trinajstić information content (AvgIpc) is 2.38. The van der Waals surface area contributed by atoms with Gasteiger partial charge in [0, 0.05) is 19.2 Å². The number of benzene rings is 1. The first kappa shape index (κ1) is 16.1. The predicted octanol–water partition coefficient (Wildman–Crippen LogP) is 0.529. The maximum atomic E-state index is 12.0. The quantitative estimate of drug-likeness (QED) is 0.431. The number of hydrogen-bond donors (Lipinski definition) is 0. The molecule has 0 amide bonds. The lowest BCUT2D eigenvalue weighted by Gasteiger charge is -2.15. The van der Waals surface area contributed by atoms with Gasteiger partial charge < -0.3 is 4.74 Å². The SMILES string of the molecule is COC(=O)CN(C)S(=O)(=O)Cc1ccc([N+](=O)[O-])cc1. The molecule has 0 atom stereocenters. The van der Waals surface area contributed by atoms with Crippen LogP contribution in [0, 0.1) is 10.1 Å². The Labute approximate surface area is 116 Å². The van der Waals surface area contributed by atoms with Gasteiger partial charge in [0.1, 0.15) is 6.54 Å². The van der Waals surface area contributed by atoms with Crippen LogP contribution in [0.3, 0.4) is 0 Å². The van der Waals surface area contributed by atoms with Crippen molar-refractivity contribution >= 4 is 21.7 Å². The van der Waals surface area contributed by atoms with Crippen LogP contribution in [0.5, 0.6) is 0 Å². The number of nitro benzene ring substituents is 1. The largest absolute Gasteiger partial charge is 0.468 e. The van der Waals surface area contributed by atoms with Crippen LogP contribution >= 0.6 is 0 Å². The van der Waals surface area contributed by atoms with Gasteiger partial charge in [-0.3, -0.25) is 14.9 Å². The van der Waals surface area contributed by atoms with E-state index in [0.717, 1.165) is 4.31 Å². The Morgan fingerprint density at radius 1 is 1.35 bits per heavy atom. The molecule has 0 spiro atoms. The minimum atomic E-state index is -3.69. The fraction of sp³-hybridized carbons (Fsp3) is 0.364. The molecule has 0 aliphatic heterocycles. The Hall–Kier alpha value is -2.00. The maximum absolute atomic E-state index is 12.0. The molecule has 110 valence electrons. The van der Waals surface area contributed by atoms with E-state index < -0.39 is 20.9 Å². The first-order valence-corrected chi connectivity index (χ1v) is 7.11. The number of rotatable bonds is 6. The molecule has 0 heterocycles. The first-order chi connectivity index (χ1) is 9.26. The van der Waals surface area contributed by atoms with E-state index in [1.807, 2.05) is 0 Å². The van der Waals surface area contributed by atoms with E-state index in [0.29, 0.717) is 5.56 Å². The van der Waals surface area contributed by atoms with Crippen molar-refractivity contribution < 1.29 is 22.9 Å². The van der Waals surface area contributed by atoms with E-state index in [1.54, 1.807) is 0 Å². The third kappa shape index (κ3) is 4.28. The molecule has 0 aromatic heterocycles. The van der Waals surface area contributed by atoms with Crippen molar-refractivity contribution in [1.29, 1.82) is 0 Å². The zero-order valence-electron chi connectivity index (χ0n) is 11.0. The van der Waals surface area contributed by atoms with Crippen LogP contribution < -0.4 is 0 Å². The lowest BCUT2D eigenvalue weighted by molar-refractivity contribution is -0.384. The highest BCUT2D eigenvalue weighted by molar-refractivity contribution is 7.88. The summed E-state index contributed by atoms with van der Waals surface area (Å²) in [7, 11) is -1.26. The lowest BCUT2D eigenvalue weighted by atomic mass is 10.2. The third-order valence-corrected chi connectivity index (χ3v) is 4.33. The average molecular weight is 302 g/mol. The molecule has 0 N–H and O–H groups in total. The molecule has 0 fully saturated rings. The van der Waals surface area contributed by atoms with E-state index in [1.165, 1.54) is 38.4 Å². The summed E-state index contributed by atoms with van der Waals surface area (Å²) < 4.78 is 29.2. The standard InChI is InChI=1S/C11H14N2O6S/c1-12(7-11(14)19-2)20(17,18)8-9-3-5-10(6-4-9)13(15)16/h3-6H,7-8H2,1-2H3. The van der Waals surface area contributed by atoms with Gasteiger partial charge in [0.05, 0.1) is 17.8 Å². The summed E-state index contributed by atoms with van der Waals surface area (Å²) in [6.45, 7) is -0.383. The second kappa shape index (κ2) is 6.44. The molecule has 1 rings (SSSR count). The molecule has 0 radical (unpaired) electrons. The predicted molar refractivity (Wildman–Crippen MR) is 70.4 cm³/mol. The maximum Gasteiger partial charge on any atom is 0.320 e. The van der Waals surface area contributed by atoms with Crippen LogP contribution in [-0.4, -0.2) is 44.3 Å². The van der Waals surface area contributed by atoms with Gasteiger partial charge in [-0.1, -0.05) is 12.1 Å². The molecule has 1 aromatic carbocycles. The lowest BCUT2D eigenvalue weighted by Crippen LogP contribution is -2.33. The molecule has 0 aliphatic rings. The number of methoxy groups -OCH3 is 1. The van der Waals surface area contributed by atoms with Gasteiger partial charge in [-0.25, -0.2) is 8.42 Å². The van der Waals surface area contributed by atoms with Crippen LogP contribution in [0.25, 0.3) is 0 Å². The molecule has 0 aliphatic carbocycles. The molecular weight excluding hydrogens is 288 g/mol. The van der Waals surface area contributed by atoms with Gasteiger partial charge in [0.25, 0.3) is 5.69 Å². The number of carbonyl (C=O) groups excluding carboxylic acids is 1. The van der Waals surface area contributed by atoms with Crippen LogP contribution in [-0.2, 0) is 25.3 Å². The van der Waals surface area contributed by atoms with Crippen molar-refractivity contribution in [2.75, 3.05) is 20.7 Å². The van der Waals surface area contributed by atoms with Crippen LogP contribution in [0.15, 0.2) is 24.3 Å². The Balaban J connectivity index is 2.80. The minimum absolute atomic E-state index is 0.117. The van der Waals surface area contributed by atoms with Crippen molar-refractivity contribution in [1.82, 2.24) is 4.31 Å². The van der Waals surface area contributed by atoms with Gasteiger partial charge in [0.2, 0.25) is 10.0 Å². The molecule has 1 aromatic rings. The number of carbonyl (C=O) groups is 1. The topological polar surface area (TPSA) is 107 Å². The van der Waals surface area contributed by atoms with E-state index >= 15 is 0 Å². The normalized spacial score (nSPS) is 11.3. The molecule has 0 saturated heterocycles. The van der Waals surface area contributed by atoms with E-state index in [-0.39, 0.29) is 18.0 Å². The number of esters is 1. The molecular formula is C11H14N2O6S. The van der Waals surface area contributed by atoms with Crippen LogP contribution in [0.1, 0.15) is 5.56 Å². The summed E-state index contributed by atoms with van der Waals surface area (Å²) in [5.41, 5.74) is 0.279. The number of ether oxygens (including phenoxy) is 1. The van der Waals surface area contributed by atoms with Gasteiger partial charge >= 0.3 is 5.97 Å². The summed E-state index contributed by atoms with van der Waals surface area (Å²) in [5, 5.41) is 10.5. The summed E-state index contributed by atoms with van der Waals surface area (Å²) >= 11 is 0. The van der Waals surface area contributed by atoms with E-state index in [2.05, 4.69) is 4.74 Å². The smallest absolute Gasteiger partial charge is 0.320 e. The van der Waals surface area contributed by atoms with Crippen LogP contribution in [0.4, 0.5) is 5.69 Å². The number of likely N-dealkylation sites (N-methyl/N-ethyl adjacent to an activating group) is 1. The molecule has 0 bridgehead atoms. The highest BCUT2D eigenvalue weighted by Crippen LogP contribution is 2.15. The van der Waals surface area contributed by atoms with Crippen molar-refractivity contribution in [2.45, 2.75) is 5.75 Å². The monoisotopic (exact) mass is 302 g/mol. The molecule has 0 saturated carbocycles. The third-order valence-electron chi connectivity index (χ3n) is 2.55. The second-order valence-electron chi connectivity index (χ2n) is 4.01. The summed E-state index contributed by atoms with van der Waals surface area (Å²) in [6.07, 6.45) is 0. The molecule has 8 nitrogen and oxygen atoms in total. The molecule has 0 unspecified atom stereocenters. The Morgan fingerprint density at radius 2 is 1.90 bits per heavy atom. The Kier molecular flexibility index (Phi) is 5.17. The summed E-state index contributed by atoms with van der Waals surface area (Å²) in [6, 6.07) is 5.18. The van der Waals surface area contributed by atoms with Gasteiger partial charge in [-0.05, 0) is 5.56 Å². The second-order valence-corrected chi connectivity index (χ2v) is 6.09. The highest BCUT2D eigenvalue weighted by Gasteiger charge is 2.21. The number of hydrogen-bond acceptors (Lipinski definition) is 6. The fourth-order valence-corrected chi connectivity index (χ4v) is 2.52. The Morgan fingerprint density at radius 3 is 2.35 bits per heavy atom. The number of nitrogens with zero attached hydrogens (tertiary/aromatic N) is 2. The fourth-order valence-electron chi connectivity index (χ4n) is 1.38. The summed E-state index contributed by atoms with van der Waals surface area (Å²) in [4.78, 5) is 21.0. The van der Waals surface area contributed by atoms with Crippen molar-refractivity contribution in [2.24, 2.45) is 0 Å². The molecule has 9 heteroatoms. The first-order valence-electron chi connectivity index (χ1n) is 5.50. The van der Waals surface area contributed by atoms with Gasteiger partial charge in [0.15, 0.2) is 0 Å². The zero-order valence-corrected chi connectivity index (χ0v) is 11.8. The Bertz CT molecular complexity index is 596. The van der Waals surface area contributed by atoms with E-state index in [4.69, 9.17) is 0 Å². The van der Waals surface area contributed by atoms with Gasteiger partial charge in [-0.15, -0.1) is 0 Å².